The standard InChI is InChI=1S/C22H27FN2O2/c1-4-24(5-2)21(27)13-17-15(3)25(14-16-9-6-7-10-18(16)23)19-11-8-12-20(26)22(17)19/h6-7,9-10H,4-5,8,11-14H2,1-3H3. The van der Waals surface area contributed by atoms with Crippen molar-refractivity contribution in [1.82, 2.24) is 9.47 Å². The Morgan fingerprint density at radius 1 is 1.19 bits per heavy atom. The summed E-state index contributed by atoms with van der Waals surface area (Å²) in [7, 11) is 0. The van der Waals surface area contributed by atoms with Crippen LogP contribution in [-0.2, 0) is 24.2 Å². The van der Waals surface area contributed by atoms with E-state index in [1.165, 1.54) is 6.07 Å². The fourth-order valence-electron chi connectivity index (χ4n) is 4.05. The number of carbonyl (C=O) groups excluding carboxylic acids is 2. The quantitative estimate of drug-likeness (QED) is 0.774. The average Bonchev–Trinajstić information content (AvgIpc) is 2.91. The Morgan fingerprint density at radius 2 is 1.89 bits per heavy atom. The third-order valence-electron chi connectivity index (χ3n) is 5.58. The van der Waals surface area contributed by atoms with E-state index in [9.17, 15) is 14.0 Å². The van der Waals surface area contributed by atoms with Crippen LogP contribution in [0, 0.1) is 12.7 Å². The molecule has 1 heterocycles. The number of aromatic nitrogens is 1. The molecule has 1 aromatic heterocycles. The maximum absolute atomic E-state index is 14.2. The summed E-state index contributed by atoms with van der Waals surface area (Å²) < 4.78 is 16.2. The van der Waals surface area contributed by atoms with E-state index in [2.05, 4.69) is 0 Å². The van der Waals surface area contributed by atoms with Crippen LogP contribution in [0.5, 0.6) is 0 Å². The second-order valence-corrected chi connectivity index (χ2v) is 7.08. The number of ketones is 1. The number of nitrogens with zero attached hydrogens (tertiary/aromatic N) is 2. The summed E-state index contributed by atoms with van der Waals surface area (Å²) in [6, 6.07) is 6.72. The fourth-order valence-corrected chi connectivity index (χ4v) is 4.05. The molecule has 0 aliphatic heterocycles. The van der Waals surface area contributed by atoms with Crippen molar-refractivity contribution in [2.45, 2.75) is 53.0 Å². The van der Waals surface area contributed by atoms with Gasteiger partial charge in [0, 0.05) is 42.0 Å². The lowest BCUT2D eigenvalue weighted by molar-refractivity contribution is -0.130. The molecule has 0 spiro atoms. The first-order valence-electron chi connectivity index (χ1n) is 9.73. The van der Waals surface area contributed by atoms with Gasteiger partial charge in [0.05, 0.1) is 13.0 Å². The van der Waals surface area contributed by atoms with Gasteiger partial charge in [0.25, 0.3) is 0 Å². The molecule has 1 amide bonds. The van der Waals surface area contributed by atoms with Gasteiger partial charge in [-0.15, -0.1) is 0 Å². The fraction of sp³-hybridized carbons (Fsp3) is 0.455. The normalized spacial score (nSPS) is 13.6. The van der Waals surface area contributed by atoms with E-state index in [-0.39, 0.29) is 23.9 Å². The number of likely N-dealkylation sites (N-methyl/N-ethyl adjacent to an activating group) is 1. The summed E-state index contributed by atoms with van der Waals surface area (Å²) in [6.07, 6.45) is 2.33. The van der Waals surface area contributed by atoms with Crippen LogP contribution >= 0.6 is 0 Å². The van der Waals surface area contributed by atoms with E-state index in [1.807, 2.05) is 31.4 Å². The molecule has 3 rings (SSSR count). The van der Waals surface area contributed by atoms with Crippen molar-refractivity contribution in [3.05, 3.63) is 58.2 Å². The molecule has 0 bridgehead atoms. The Hall–Kier alpha value is -2.43. The summed E-state index contributed by atoms with van der Waals surface area (Å²) >= 11 is 0. The van der Waals surface area contributed by atoms with Crippen LogP contribution in [0.15, 0.2) is 24.3 Å². The number of rotatable bonds is 6. The molecule has 1 aromatic carbocycles. The van der Waals surface area contributed by atoms with Crippen molar-refractivity contribution < 1.29 is 14.0 Å². The van der Waals surface area contributed by atoms with Gasteiger partial charge in [0.15, 0.2) is 5.78 Å². The lowest BCUT2D eigenvalue weighted by Gasteiger charge is -2.19. The Labute approximate surface area is 160 Å². The highest BCUT2D eigenvalue weighted by Crippen LogP contribution is 2.31. The minimum absolute atomic E-state index is 0.0346. The first-order chi connectivity index (χ1) is 13.0. The minimum atomic E-state index is -0.248. The molecule has 0 fully saturated rings. The third-order valence-corrected chi connectivity index (χ3v) is 5.58. The van der Waals surface area contributed by atoms with Gasteiger partial charge in [-0.05, 0) is 45.2 Å². The molecule has 1 aliphatic carbocycles. The predicted molar refractivity (Wildman–Crippen MR) is 104 cm³/mol. The molecule has 0 radical (unpaired) electrons. The third kappa shape index (κ3) is 3.68. The minimum Gasteiger partial charge on any atom is -0.343 e. The lowest BCUT2D eigenvalue weighted by atomic mass is 9.92. The first-order valence-corrected chi connectivity index (χ1v) is 9.73. The van der Waals surface area contributed by atoms with Crippen molar-refractivity contribution in [3.63, 3.8) is 0 Å². The summed E-state index contributed by atoms with van der Waals surface area (Å²) in [5, 5.41) is 0. The van der Waals surface area contributed by atoms with Crippen molar-refractivity contribution in [2.24, 2.45) is 0 Å². The SMILES string of the molecule is CCN(CC)C(=O)Cc1c2c(n(Cc3ccccc3F)c1C)CCCC2=O. The maximum Gasteiger partial charge on any atom is 0.227 e. The lowest BCUT2D eigenvalue weighted by Crippen LogP contribution is -2.32. The molecule has 0 saturated heterocycles. The van der Waals surface area contributed by atoms with Gasteiger partial charge in [-0.2, -0.15) is 0 Å². The van der Waals surface area contributed by atoms with Crippen molar-refractivity contribution in [3.8, 4) is 0 Å². The Balaban J connectivity index is 2.04. The van der Waals surface area contributed by atoms with Gasteiger partial charge in [0.1, 0.15) is 5.82 Å². The van der Waals surface area contributed by atoms with Crippen molar-refractivity contribution in [1.29, 1.82) is 0 Å². The maximum atomic E-state index is 14.2. The molecule has 0 atom stereocenters. The number of hydrogen-bond donors (Lipinski definition) is 0. The second kappa shape index (κ2) is 8.07. The zero-order valence-corrected chi connectivity index (χ0v) is 16.3. The van der Waals surface area contributed by atoms with E-state index < -0.39 is 0 Å². The van der Waals surface area contributed by atoms with Crippen LogP contribution in [0.2, 0.25) is 0 Å². The van der Waals surface area contributed by atoms with Crippen molar-refractivity contribution in [2.75, 3.05) is 13.1 Å². The van der Waals surface area contributed by atoms with Crippen LogP contribution in [0.3, 0.4) is 0 Å². The first kappa shape index (κ1) is 19.3. The molecule has 1 aliphatic rings. The van der Waals surface area contributed by atoms with E-state index >= 15 is 0 Å². The van der Waals surface area contributed by atoms with Crippen LogP contribution < -0.4 is 0 Å². The van der Waals surface area contributed by atoms with Crippen molar-refractivity contribution >= 4 is 11.7 Å². The number of hydrogen-bond acceptors (Lipinski definition) is 2. The van der Waals surface area contributed by atoms with Crippen LogP contribution in [0.1, 0.15) is 59.6 Å². The molecule has 27 heavy (non-hydrogen) atoms. The highest BCUT2D eigenvalue weighted by atomic mass is 19.1. The van der Waals surface area contributed by atoms with Gasteiger partial charge in [-0.1, -0.05) is 18.2 Å². The summed E-state index contributed by atoms with van der Waals surface area (Å²) in [6.45, 7) is 7.54. The largest absolute Gasteiger partial charge is 0.343 e. The molecule has 144 valence electrons. The van der Waals surface area contributed by atoms with Gasteiger partial charge >= 0.3 is 0 Å². The Kier molecular flexibility index (Phi) is 5.78. The highest BCUT2D eigenvalue weighted by molar-refractivity contribution is 6.01. The van der Waals surface area contributed by atoms with Crippen LogP contribution in [-0.4, -0.2) is 34.2 Å². The predicted octanol–water partition coefficient (Wildman–Crippen LogP) is 3.91. The van der Waals surface area contributed by atoms with Gasteiger partial charge in [0.2, 0.25) is 5.91 Å². The molecule has 5 heteroatoms. The van der Waals surface area contributed by atoms with Crippen LogP contribution in [0.4, 0.5) is 4.39 Å². The molecular weight excluding hydrogens is 343 g/mol. The summed E-state index contributed by atoms with van der Waals surface area (Å²) in [5.74, 6) is -0.108. The number of halogens is 1. The number of amides is 1. The Bertz CT molecular complexity index is 865. The van der Waals surface area contributed by atoms with E-state index in [1.54, 1.807) is 17.0 Å². The summed E-state index contributed by atoms with van der Waals surface area (Å²) in [5.41, 5.74) is 3.98. The number of Topliss-reactive ketones (excluding diaryl/α,β-unsaturated/α-hetero) is 1. The van der Waals surface area contributed by atoms with Gasteiger partial charge in [-0.3, -0.25) is 9.59 Å². The van der Waals surface area contributed by atoms with E-state index in [4.69, 9.17) is 0 Å². The van der Waals surface area contributed by atoms with Gasteiger partial charge < -0.3 is 9.47 Å². The molecule has 4 nitrogen and oxygen atoms in total. The zero-order valence-electron chi connectivity index (χ0n) is 16.3. The second-order valence-electron chi connectivity index (χ2n) is 7.08. The highest BCUT2D eigenvalue weighted by Gasteiger charge is 2.29. The summed E-state index contributed by atoms with van der Waals surface area (Å²) in [4.78, 5) is 27.1. The van der Waals surface area contributed by atoms with Crippen LogP contribution in [0.25, 0.3) is 0 Å². The number of benzene rings is 1. The zero-order chi connectivity index (χ0) is 19.6. The molecule has 0 saturated carbocycles. The van der Waals surface area contributed by atoms with Gasteiger partial charge in [-0.25, -0.2) is 4.39 Å². The Morgan fingerprint density at radius 3 is 2.56 bits per heavy atom. The molecule has 0 N–H and O–H groups in total. The average molecular weight is 370 g/mol. The smallest absolute Gasteiger partial charge is 0.227 e. The number of fused-ring (bicyclic) bond motifs is 1. The monoisotopic (exact) mass is 370 g/mol. The molecular formula is C22H27FN2O2. The van der Waals surface area contributed by atoms with E-state index in [0.29, 0.717) is 37.2 Å². The van der Waals surface area contributed by atoms with E-state index in [0.717, 1.165) is 29.8 Å². The molecule has 0 unspecified atom stereocenters. The topological polar surface area (TPSA) is 42.3 Å². The number of carbonyl (C=O) groups is 2. The molecule has 2 aromatic rings.